The molecule has 2 rings (SSSR count). The van der Waals surface area contributed by atoms with Crippen LogP contribution in [0.3, 0.4) is 0 Å². The monoisotopic (exact) mass is 327 g/mol. The van der Waals surface area contributed by atoms with E-state index in [1.165, 1.54) is 30.3 Å². The van der Waals surface area contributed by atoms with Crippen molar-refractivity contribution in [2.75, 3.05) is 4.72 Å². The van der Waals surface area contributed by atoms with Gasteiger partial charge in [-0.3, -0.25) is 4.72 Å². The molecule has 6 heteroatoms. The van der Waals surface area contributed by atoms with Crippen LogP contribution >= 0.6 is 0 Å². The molecule has 5 nitrogen and oxygen atoms in total. The van der Waals surface area contributed by atoms with E-state index in [0.717, 1.165) is 6.08 Å². The summed E-state index contributed by atoms with van der Waals surface area (Å²) in [5, 5.41) is 8.56. The van der Waals surface area contributed by atoms with Crippen molar-refractivity contribution in [3.63, 3.8) is 0 Å². The van der Waals surface area contributed by atoms with Crippen molar-refractivity contribution in [2.45, 2.75) is 4.90 Å². The van der Waals surface area contributed by atoms with Crippen LogP contribution in [-0.2, 0) is 14.8 Å². The van der Waals surface area contributed by atoms with Crippen LogP contribution in [0.2, 0.25) is 0 Å². The molecular formula is C17H13NO4S. The number of aliphatic carboxylic acids is 1. The topological polar surface area (TPSA) is 83.5 Å². The summed E-state index contributed by atoms with van der Waals surface area (Å²) in [5.74, 6) is 1.36. The minimum Gasteiger partial charge on any atom is -0.478 e. The zero-order chi connectivity index (χ0) is 16.9. The molecule has 2 aromatic rings. The lowest BCUT2D eigenvalue weighted by Gasteiger charge is -2.08. The summed E-state index contributed by atoms with van der Waals surface area (Å²) < 4.78 is 27.1. The Morgan fingerprint density at radius 3 is 2.48 bits per heavy atom. The van der Waals surface area contributed by atoms with E-state index in [1.807, 2.05) is 0 Å². The number of carboxylic acid groups (broad SMARTS) is 1. The van der Waals surface area contributed by atoms with Gasteiger partial charge in [-0.15, -0.1) is 6.42 Å². The molecule has 0 radical (unpaired) electrons. The second-order valence-electron chi connectivity index (χ2n) is 4.57. The number of nitrogens with one attached hydrogen (secondary N) is 1. The summed E-state index contributed by atoms with van der Waals surface area (Å²) in [6.07, 6.45) is 7.64. The molecule has 0 fully saturated rings. The molecule has 0 aliphatic rings. The Balaban J connectivity index is 2.22. The Bertz CT molecular complexity index is 891. The van der Waals surface area contributed by atoms with E-state index in [2.05, 4.69) is 10.6 Å². The lowest BCUT2D eigenvalue weighted by molar-refractivity contribution is -0.131. The van der Waals surface area contributed by atoms with Crippen molar-refractivity contribution in [2.24, 2.45) is 0 Å². The van der Waals surface area contributed by atoms with E-state index in [4.69, 9.17) is 11.5 Å². The summed E-state index contributed by atoms with van der Waals surface area (Å²) in [6, 6.07) is 12.3. The Morgan fingerprint density at radius 2 is 1.87 bits per heavy atom. The van der Waals surface area contributed by atoms with E-state index in [9.17, 15) is 13.2 Å². The highest BCUT2D eigenvalue weighted by atomic mass is 32.2. The standard InChI is InChI=1S/C17H13NO4S/c1-2-13-4-3-5-15(12-13)18-23(21,22)16-9-6-14(7-10-16)8-11-17(19)20/h1,3-12,18H,(H,19,20). The molecule has 0 heterocycles. The predicted molar refractivity (Wildman–Crippen MR) is 88.3 cm³/mol. The van der Waals surface area contributed by atoms with Crippen LogP contribution in [0.15, 0.2) is 59.5 Å². The van der Waals surface area contributed by atoms with E-state index < -0.39 is 16.0 Å². The molecule has 0 aliphatic carbocycles. The molecule has 0 bridgehead atoms. The first kappa shape index (κ1) is 16.3. The van der Waals surface area contributed by atoms with Crippen LogP contribution in [0.1, 0.15) is 11.1 Å². The number of anilines is 1. The van der Waals surface area contributed by atoms with Gasteiger partial charge >= 0.3 is 5.97 Å². The highest BCUT2D eigenvalue weighted by molar-refractivity contribution is 7.92. The molecule has 0 aliphatic heterocycles. The Morgan fingerprint density at radius 1 is 1.17 bits per heavy atom. The van der Waals surface area contributed by atoms with Gasteiger partial charge in [0.25, 0.3) is 10.0 Å². The van der Waals surface area contributed by atoms with Crippen molar-refractivity contribution in [3.05, 3.63) is 65.7 Å². The molecule has 0 amide bonds. The SMILES string of the molecule is C#Cc1cccc(NS(=O)(=O)c2ccc(C=CC(=O)O)cc2)c1. The van der Waals surface area contributed by atoms with Crippen LogP contribution in [-0.4, -0.2) is 19.5 Å². The van der Waals surface area contributed by atoms with Gasteiger partial charge in [0.15, 0.2) is 0 Å². The van der Waals surface area contributed by atoms with Gasteiger partial charge in [-0.2, -0.15) is 0 Å². The maximum Gasteiger partial charge on any atom is 0.328 e. The fourth-order valence-corrected chi connectivity index (χ4v) is 2.86. The fraction of sp³-hybridized carbons (Fsp3) is 0. The summed E-state index contributed by atoms with van der Waals surface area (Å²) in [6.45, 7) is 0. The quantitative estimate of drug-likeness (QED) is 0.653. The third-order valence-corrected chi connectivity index (χ3v) is 4.29. The lowest BCUT2D eigenvalue weighted by Crippen LogP contribution is -2.12. The molecule has 116 valence electrons. The fourth-order valence-electron chi connectivity index (χ4n) is 1.81. The Kier molecular flexibility index (Phi) is 4.84. The number of benzene rings is 2. The third kappa shape index (κ3) is 4.46. The highest BCUT2D eigenvalue weighted by Crippen LogP contribution is 2.18. The summed E-state index contributed by atoms with van der Waals surface area (Å²) in [4.78, 5) is 10.5. The van der Waals surface area contributed by atoms with Crippen LogP contribution in [0, 0.1) is 12.3 Å². The number of hydrogen-bond donors (Lipinski definition) is 2. The van der Waals surface area contributed by atoms with Crippen LogP contribution in [0.25, 0.3) is 6.08 Å². The highest BCUT2D eigenvalue weighted by Gasteiger charge is 2.13. The number of terminal acetylenes is 1. The second-order valence-corrected chi connectivity index (χ2v) is 6.25. The number of hydrogen-bond acceptors (Lipinski definition) is 3. The average Bonchev–Trinajstić information content (AvgIpc) is 2.53. The van der Waals surface area contributed by atoms with Gasteiger partial charge in [0.2, 0.25) is 0 Å². The molecule has 0 saturated heterocycles. The van der Waals surface area contributed by atoms with E-state index in [1.54, 1.807) is 24.3 Å². The van der Waals surface area contributed by atoms with Crippen molar-refractivity contribution < 1.29 is 18.3 Å². The number of carboxylic acids is 1. The van der Waals surface area contributed by atoms with Crippen LogP contribution < -0.4 is 4.72 Å². The average molecular weight is 327 g/mol. The summed E-state index contributed by atoms with van der Waals surface area (Å²) in [5.41, 5.74) is 1.52. The van der Waals surface area contributed by atoms with Gasteiger partial charge in [0, 0.05) is 11.6 Å². The third-order valence-electron chi connectivity index (χ3n) is 2.89. The first-order valence-electron chi connectivity index (χ1n) is 6.51. The molecule has 2 N–H and O–H groups in total. The zero-order valence-electron chi connectivity index (χ0n) is 11.9. The largest absolute Gasteiger partial charge is 0.478 e. The maximum absolute atomic E-state index is 12.3. The van der Waals surface area contributed by atoms with E-state index in [0.29, 0.717) is 16.8 Å². The summed E-state index contributed by atoms with van der Waals surface area (Å²) >= 11 is 0. The molecule has 0 saturated carbocycles. The molecule has 0 spiro atoms. The molecule has 0 aromatic heterocycles. The minimum atomic E-state index is -3.75. The number of carbonyl (C=O) groups is 1. The van der Waals surface area contributed by atoms with Gasteiger partial charge in [-0.05, 0) is 42.0 Å². The molecule has 2 aromatic carbocycles. The van der Waals surface area contributed by atoms with Crippen molar-refractivity contribution >= 4 is 27.8 Å². The first-order chi connectivity index (χ1) is 10.9. The van der Waals surface area contributed by atoms with Crippen LogP contribution in [0.5, 0.6) is 0 Å². The lowest BCUT2D eigenvalue weighted by atomic mass is 10.2. The number of sulfonamides is 1. The van der Waals surface area contributed by atoms with Gasteiger partial charge in [0.1, 0.15) is 0 Å². The van der Waals surface area contributed by atoms with Crippen molar-refractivity contribution in [1.29, 1.82) is 0 Å². The molecule has 0 atom stereocenters. The van der Waals surface area contributed by atoms with Crippen molar-refractivity contribution in [1.82, 2.24) is 0 Å². The van der Waals surface area contributed by atoms with E-state index >= 15 is 0 Å². The maximum atomic E-state index is 12.3. The van der Waals surface area contributed by atoms with E-state index in [-0.39, 0.29) is 4.90 Å². The summed E-state index contributed by atoms with van der Waals surface area (Å²) in [7, 11) is -3.75. The number of rotatable bonds is 5. The van der Waals surface area contributed by atoms with Gasteiger partial charge < -0.3 is 5.11 Å². The smallest absolute Gasteiger partial charge is 0.328 e. The normalized spacial score (nSPS) is 11.1. The zero-order valence-corrected chi connectivity index (χ0v) is 12.7. The molecular weight excluding hydrogens is 314 g/mol. The Labute approximate surface area is 134 Å². The Hall–Kier alpha value is -3.04. The van der Waals surface area contributed by atoms with Gasteiger partial charge in [-0.25, -0.2) is 13.2 Å². The van der Waals surface area contributed by atoms with Crippen LogP contribution in [0.4, 0.5) is 5.69 Å². The van der Waals surface area contributed by atoms with Gasteiger partial charge in [0.05, 0.1) is 10.6 Å². The first-order valence-corrected chi connectivity index (χ1v) is 7.99. The van der Waals surface area contributed by atoms with Gasteiger partial charge in [-0.1, -0.05) is 24.1 Å². The molecule has 23 heavy (non-hydrogen) atoms. The minimum absolute atomic E-state index is 0.0658. The second kappa shape index (κ2) is 6.81. The molecule has 0 unspecified atom stereocenters. The van der Waals surface area contributed by atoms with Crippen molar-refractivity contribution in [3.8, 4) is 12.3 Å². The predicted octanol–water partition coefficient (Wildman–Crippen LogP) is 2.57.